The van der Waals surface area contributed by atoms with Crippen LogP contribution in [-0.4, -0.2) is 29.5 Å². The summed E-state index contributed by atoms with van der Waals surface area (Å²) in [7, 11) is 0. The van der Waals surface area contributed by atoms with Gasteiger partial charge in [-0.25, -0.2) is 4.79 Å². The summed E-state index contributed by atoms with van der Waals surface area (Å²) in [5.41, 5.74) is 6.32. The van der Waals surface area contributed by atoms with Gasteiger partial charge in [-0.3, -0.25) is 4.79 Å². The Morgan fingerprint density at radius 1 is 1.10 bits per heavy atom. The molecule has 0 bridgehead atoms. The van der Waals surface area contributed by atoms with E-state index in [9.17, 15) is 9.59 Å². The first-order valence-corrected chi connectivity index (χ1v) is 9.96. The van der Waals surface area contributed by atoms with Crippen molar-refractivity contribution >= 4 is 22.8 Å². The van der Waals surface area contributed by atoms with Crippen molar-refractivity contribution in [1.29, 1.82) is 0 Å². The highest BCUT2D eigenvalue weighted by molar-refractivity contribution is 5.88. The first-order chi connectivity index (χ1) is 13.9. The van der Waals surface area contributed by atoms with Crippen LogP contribution in [0.15, 0.2) is 42.6 Å². The molecule has 2 aromatic carbocycles. The van der Waals surface area contributed by atoms with Crippen LogP contribution in [0, 0.1) is 20.8 Å². The van der Waals surface area contributed by atoms with Crippen molar-refractivity contribution in [2.75, 3.05) is 6.61 Å². The Hall–Kier alpha value is -3.08. The van der Waals surface area contributed by atoms with E-state index in [2.05, 4.69) is 22.4 Å². The zero-order valence-corrected chi connectivity index (χ0v) is 17.5. The lowest BCUT2D eigenvalue weighted by molar-refractivity contribution is -0.147. The Morgan fingerprint density at radius 2 is 1.79 bits per heavy atom. The van der Waals surface area contributed by atoms with E-state index in [0.29, 0.717) is 6.42 Å². The van der Waals surface area contributed by atoms with Gasteiger partial charge in [0.05, 0.1) is 13.0 Å². The number of nitrogens with one attached hydrogen (secondary N) is 2. The van der Waals surface area contributed by atoms with Crippen molar-refractivity contribution < 1.29 is 14.3 Å². The normalized spacial score (nSPS) is 12.0. The molecule has 1 unspecified atom stereocenters. The van der Waals surface area contributed by atoms with E-state index in [1.165, 1.54) is 5.56 Å². The molecule has 3 rings (SSSR count). The molecule has 1 atom stereocenters. The second-order valence-electron chi connectivity index (χ2n) is 7.49. The van der Waals surface area contributed by atoms with Gasteiger partial charge in [-0.05, 0) is 56.0 Å². The van der Waals surface area contributed by atoms with Gasteiger partial charge >= 0.3 is 5.97 Å². The number of fused-ring (bicyclic) bond motifs is 1. The number of aryl methyl sites for hydroxylation is 3. The number of benzene rings is 2. The standard InChI is InChI=1S/C24H28N2O3/c1-5-29-24(28)22(12-18-14-25-21-9-7-6-8-19(18)21)26-23(27)13-20-16(3)10-15(2)11-17(20)4/h6-11,14,22,25H,5,12-13H2,1-4H3,(H,26,27). The number of esters is 1. The lowest BCUT2D eigenvalue weighted by Crippen LogP contribution is -2.44. The predicted molar refractivity (Wildman–Crippen MR) is 115 cm³/mol. The number of aromatic amines is 1. The summed E-state index contributed by atoms with van der Waals surface area (Å²) in [5.74, 6) is -0.596. The van der Waals surface area contributed by atoms with Gasteiger partial charge in [-0.1, -0.05) is 35.9 Å². The van der Waals surface area contributed by atoms with Crippen molar-refractivity contribution in [3.8, 4) is 0 Å². The van der Waals surface area contributed by atoms with E-state index in [-0.39, 0.29) is 18.9 Å². The van der Waals surface area contributed by atoms with Crippen LogP contribution in [0.4, 0.5) is 0 Å². The fourth-order valence-electron chi connectivity index (χ4n) is 3.85. The van der Waals surface area contributed by atoms with E-state index in [0.717, 1.165) is 33.2 Å². The highest BCUT2D eigenvalue weighted by Gasteiger charge is 2.24. The maximum Gasteiger partial charge on any atom is 0.328 e. The van der Waals surface area contributed by atoms with Crippen molar-refractivity contribution in [3.63, 3.8) is 0 Å². The van der Waals surface area contributed by atoms with Crippen molar-refractivity contribution in [3.05, 3.63) is 70.4 Å². The van der Waals surface area contributed by atoms with Gasteiger partial charge < -0.3 is 15.0 Å². The topological polar surface area (TPSA) is 71.2 Å². The number of rotatable bonds is 7. The largest absolute Gasteiger partial charge is 0.464 e. The molecule has 1 aromatic heterocycles. The zero-order chi connectivity index (χ0) is 21.0. The van der Waals surface area contributed by atoms with Crippen LogP contribution in [0.25, 0.3) is 10.9 Å². The maximum atomic E-state index is 12.8. The SMILES string of the molecule is CCOC(=O)C(Cc1c[nH]c2ccccc12)NC(=O)Cc1c(C)cc(C)cc1C. The third-order valence-electron chi connectivity index (χ3n) is 5.18. The summed E-state index contributed by atoms with van der Waals surface area (Å²) < 4.78 is 5.22. The van der Waals surface area contributed by atoms with E-state index in [1.807, 2.05) is 51.2 Å². The summed E-state index contributed by atoms with van der Waals surface area (Å²) in [5, 5.41) is 3.94. The molecular weight excluding hydrogens is 364 g/mol. The van der Waals surface area contributed by atoms with Gasteiger partial charge in [0, 0.05) is 23.5 Å². The first-order valence-electron chi connectivity index (χ1n) is 9.96. The fourth-order valence-corrected chi connectivity index (χ4v) is 3.85. The van der Waals surface area contributed by atoms with Crippen LogP contribution in [0.5, 0.6) is 0 Å². The smallest absolute Gasteiger partial charge is 0.328 e. The van der Waals surface area contributed by atoms with Crippen LogP contribution < -0.4 is 5.32 Å². The Labute approximate surface area is 171 Å². The molecule has 152 valence electrons. The maximum absolute atomic E-state index is 12.8. The molecule has 29 heavy (non-hydrogen) atoms. The minimum atomic E-state index is -0.729. The highest BCUT2D eigenvalue weighted by Crippen LogP contribution is 2.20. The number of H-pyrrole nitrogens is 1. The number of carbonyl (C=O) groups excluding carboxylic acids is 2. The number of amides is 1. The van der Waals surface area contributed by atoms with Gasteiger partial charge in [-0.15, -0.1) is 0 Å². The lowest BCUT2D eigenvalue weighted by Gasteiger charge is -2.18. The van der Waals surface area contributed by atoms with Crippen LogP contribution >= 0.6 is 0 Å². The molecule has 2 N–H and O–H groups in total. The molecular formula is C24H28N2O3. The Morgan fingerprint density at radius 3 is 2.48 bits per heavy atom. The van der Waals surface area contributed by atoms with Gasteiger partial charge in [0.15, 0.2) is 0 Å². The lowest BCUT2D eigenvalue weighted by atomic mass is 9.97. The molecule has 0 spiro atoms. The summed E-state index contributed by atoms with van der Waals surface area (Å²) in [6.07, 6.45) is 2.50. The zero-order valence-electron chi connectivity index (χ0n) is 17.5. The number of hydrogen-bond donors (Lipinski definition) is 2. The van der Waals surface area contributed by atoms with Crippen LogP contribution in [0.1, 0.15) is 34.7 Å². The molecule has 0 aliphatic heterocycles. The molecule has 0 aliphatic rings. The molecule has 0 saturated carbocycles. The Balaban J connectivity index is 1.79. The molecule has 3 aromatic rings. The van der Waals surface area contributed by atoms with Gasteiger partial charge in [0.1, 0.15) is 6.04 Å². The van der Waals surface area contributed by atoms with Crippen LogP contribution in [0.3, 0.4) is 0 Å². The Kier molecular flexibility index (Phi) is 6.37. The van der Waals surface area contributed by atoms with Gasteiger partial charge in [0.2, 0.25) is 5.91 Å². The second kappa shape index (κ2) is 8.95. The summed E-state index contributed by atoms with van der Waals surface area (Å²) >= 11 is 0. The Bertz CT molecular complexity index is 1010. The molecule has 1 heterocycles. The quantitative estimate of drug-likeness (QED) is 0.599. The fraction of sp³-hybridized carbons (Fsp3) is 0.333. The molecule has 1 amide bonds. The number of hydrogen-bond acceptors (Lipinski definition) is 3. The van der Waals surface area contributed by atoms with Gasteiger partial charge in [0.25, 0.3) is 0 Å². The van der Waals surface area contributed by atoms with Crippen LogP contribution in [0.2, 0.25) is 0 Å². The van der Waals surface area contributed by atoms with Crippen molar-refractivity contribution in [2.45, 2.75) is 46.6 Å². The van der Waals surface area contributed by atoms with E-state index >= 15 is 0 Å². The second-order valence-corrected chi connectivity index (χ2v) is 7.49. The summed E-state index contributed by atoms with van der Waals surface area (Å²) in [4.78, 5) is 28.5. The average Bonchev–Trinajstić information content (AvgIpc) is 3.07. The molecule has 0 fully saturated rings. The summed E-state index contributed by atoms with van der Waals surface area (Å²) in [6.45, 7) is 8.10. The van der Waals surface area contributed by atoms with Crippen LogP contribution in [-0.2, 0) is 27.2 Å². The number of para-hydroxylation sites is 1. The third-order valence-corrected chi connectivity index (χ3v) is 5.18. The molecule has 0 saturated heterocycles. The van der Waals surface area contributed by atoms with Crippen molar-refractivity contribution in [2.24, 2.45) is 0 Å². The molecule has 5 heteroatoms. The number of ether oxygens (including phenoxy) is 1. The third kappa shape index (κ3) is 4.86. The number of carbonyl (C=O) groups is 2. The first kappa shape index (κ1) is 20.6. The molecule has 0 radical (unpaired) electrons. The number of aromatic nitrogens is 1. The van der Waals surface area contributed by atoms with Crippen molar-refractivity contribution in [1.82, 2.24) is 10.3 Å². The minimum Gasteiger partial charge on any atom is -0.464 e. The van der Waals surface area contributed by atoms with Gasteiger partial charge in [-0.2, -0.15) is 0 Å². The minimum absolute atomic E-state index is 0.182. The highest BCUT2D eigenvalue weighted by atomic mass is 16.5. The molecule has 0 aliphatic carbocycles. The predicted octanol–water partition coefficient (Wildman–Crippen LogP) is 3.93. The monoisotopic (exact) mass is 392 g/mol. The van der Waals surface area contributed by atoms with E-state index in [1.54, 1.807) is 6.92 Å². The summed E-state index contributed by atoms with van der Waals surface area (Å²) in [6, 6.07) is 11.3. The van der Waals surface area contributed by atoms with E-state index < -0.39 is 12.0 Å². The molecule has 5 nitrogen and oxygen atoms in total. The average molecular weight is 392 g/mol. The van der Waals surface area contributed by atoms with E-state index in [4.69, 9.17) is 4.74 Å².